The minimum atomic E-state index is -2.93. The van der Waals surface area contributed by atoms with E-state index in [2.05, 4.69) is 76.2 Å². The molecule has 1 aliphatic carbocycles. The molecule has 2 saturated heterocycles. The van der Waals surface area contributed by atoms with Crippen LogP contribution < -0.4 is 10.4 Å². The van der Waals surface area contributed by atoms with E-state index < -0.39 is 33.4 Å². The summed E-state index contributed by atoms with van der Waals surface area (Å²) in [5.41, 5.74) is 3.23. The van der Waals surface area contributed by atoms with Crippen molar-refractivity contribution in [3.8, 4) is 0 Å². The fourth-order valence-electron chi connectivity index (χ4n) is 9.03. The number of aliphatic hydroxyl groups is 1. The highest BCUT2D eigenvalue weighted by atomic mass is 28.4. The molecule has 3 aliphatic rings. The van der Waals surface area contributed by atoms with Gasteiger partial charge in [-0.15, -0.1) is 0 Å². The van der Waals surface area contributed by atoms with Gasteiger partial charge in [-0.05, 0) is 89.1 Å². The number of amides is 2. The average Bonchev–Trinajstić information content (AvgIpc) is 3.68. The topological polar surface area (TPSA) is 109 Å². The number of allylic oxidation sites excluding steroid dienone is 1. The second-order valence-corrected chi connectivity index (χ2v) is 20.0. The first-order valence-electron chi connectivity index (χ1n) is 19.1. The van der Waals surface area contributed by atoms with Crippen LogP contribution >= 0.6 is 0 Å². The minimum absolute atomic E-state index is 0.106. The molecule has 2 amide bonds. The van der Waals surface area contributed by atoms with Crippen LogP contribution in [0, 0.1) is 17.8 Å². The lowest BCUT2D eigenvalue weighted by Crippen LogP contribution is -2.66. The molecule has 0 saturated carbocycles. The van der Waals surface area contributed by atoms with Gasteiger partial charge in [0.1, 0.15) is 18.1 Å². The molecule has 0 spiro atoms. The van der Waals surface area contributed by atoms with Gasteiger partial charge in [0.25, 0.3) is 8.32 Å². The average molecular weight is 724 g/mol. The first-order chi connectivity index (χ1) is 25.0. The number of hydrogen-bond donors (Lipinski definition) is 2. The normalized spacial score (nSPS) is 22.6. The van der Waals surface area contributed by atoms with Crippen LogP contribution in [-0.4, -0.2) is 61.5 Å². The van der Waals surface area contributed by atoms with Crippen LogP contribution in [0.4, 0.5) is 0 Å². The van der Waals surface area contributed by atoms with Crippen molar-refractivity contribution in [2.24, 2.45) is 17.8 Å². The van der Waals surface area contributed by atoms with E-state index >= 15 is 0 Å². The number of fused-ring (bicyclic) bond motifs is 3. The molecule has 276 valence electrons. The van der Waals surface area contributed by atoms with Crippen LogP contribution in [0.1, 0.15) is 84.7 Å². The van der Waals surface area contributed by atoms with E-state index in [-0.39, 0.29) is 35.7 Å². The van der Waals surface area contributed by atoms with E-state index in [1.807, 2.05) is 31.2 Å². The summed E-state index contributed by atoms with van der Waals surface area (Å²) >= 11 is 0. The zero-order chi connectivity index (χ0) is 37.0. The lowest BCUT2D eigenvalue weighted by atomic mass is 9.58. The first-order valence-corrected chi connectivity index (χ1v) is 21.0. The number of carbonyl (C=O) groups excluding carboxylic acids is 2. The Morgan fingerprint density at radius 2 is 1.62 bits per heavy atom. The molecule has 52 heavy (non-hydrogen) atoms. The van der Waals surface area contributed by atoms with Crippen LogP contribution in [-0.2, 0) is 25.3 Å². The largest absolute Gasteiger partial charge is 0.459 e. The Bertz CT molecular complexity index is 1730. The number of carbonyl (C=O) groups is 2. The van der Waals surface area contributed by atoms with Gasteiger partial charge >= 0.3 is 7.12 Å². The molecule has 1 aromatic heterocycles. The van der Waals surface area contributed by atoms with Crippen molar-refractivity contribution < 1.29 is 33.2 Å². The van der Waals surface area contributed by atoms with Crippen molar-refractivity contribution in [1.82, 2.24) is 4.90 Å². The number of nitrogens with zero attached hydrogens (tertiary/aromatic N) is 1. The summed E-state index contributed by atoms with van der Waals surface area (Å²) in [6, 6.07) is 24.7. The molecule has 2 N–H and O–H groups in total. The Morgan fingerprint density at radius 1 is 0.942 bits per heavy atom. The summed E-state index contributed by atoms with van der Waals surface area (Å²) in [6.07, 6.45) is 6.10. The third-order valence-corrected chi connectivity index (χ3v) is 16.2. The Labute approximate surface area is 310 Å². The minimum Gasteiger partial charge on any atom is -0.459 e. The van der Waals surface area contributed by atoms with E-state index in [1.165, 1.54) is 20.8 Å². The summed E-state index contributed by atoms with van der Waals surface area (Å²) in [5.74, 6) is -0.332. The van der Waals surface area contributed by atoms with E-state index in [9.17, 15) is 19.7 Å². The second kappa shape index (κ2) is 16.2. The van der Waals surface area contributed by atoms with Gasteiger partial charge in [0.05, 0.1) is 24.5 Å². The highest BCUT2D eigenvalue weighted by Crippen LogP contribution is 2.51. The number of furan rings is 1. The number of benzene rings is 2. The summed E-state index contributed by atoms with van der Waals surface area (Å²) in [5, 5.41) is 22.8. The zero-order valence-corrected chi connectivity index (χ0v) is 32.3. The number of likely N-dealkylation sites (tertiary alicyclic amines) is 1. The van der Waals surface area contributed by atoms with Crippen LogP contribution in [0.2, 0.25) is 11.4 Å². The number of hydrogen-bond acceptors (Lipinski definition) is 7. The van der Waals surface area contributed by atoms with Gasteiger partial charge < -0.3 is 23.6 Å². The van der Waals surface area contributed by atoms with Crippen LogP contribution in [0.15, 0.2) is 93.9 Å². The quantitative estimate of drug-likeness (QED) is 0.111. The van der Waals surface area contributed by atoms with Gasteiger partial charge in [-0.2, -0.15) is 0 Å². The molecule has 0 radical (unpaired) electrons. The highest BCUT2D eigenvalue weighted by molar-refractivity contribution is 6.99. The molecule has 2 fully saturated rings. The molecule has 4 atom stereocenters. The molecule has 8 nitrogen and oxygen atoms in total. The maximum atomic E-state index is 14.0. The predicted molar refractivity (Wildman–Crippen MR) is 207 cm³/mol. The Kier molecular flexibility index (Phi) is 11.9. The predicted octanol–water partition coefficient (Wildman–Crippen LogP) is 6.52. The maximum Gasteiger partial charge on any atom is 0.455 e. The molecular formula is C42H54BNO7Si. The SMILES string of the molecule is CCC/C(=C\c1ccc(CO)o1)CC[C@H]1OB(O)C[C@H]2C1=C(CO[Si](c1ccccc1)(c1ccccc1)C(C)(C)C)C[C@H]1C(=O)N(CCC)C(=O)[C@H]12. The molecule has 0 unspecified atom stereocenters. The molecule has 2 aromatic carbocycles. The fourth-order valence-corrected chi connectivity index (χ4v) is 13.6. The van der Waals surface area contributed by atoms with Crippen molar-refractivity contribution in [1.29, 1.82) is 0 Å². The van der Waals surface area contributed by atoms with Crippen molar-refractivity contribution >= 4 is 43.7 Å². The number of rotatable bonds is 14. The smallest absolute Gasteiger partial charge is 0.455 e. The molecule has 0 bridgehead atoms. The van der Waals surface area contributed by atoms with Gasteiger partial charge in [-0.3, -0.25) is 14.5 Å². The third-order valence-electron chi connectivity index (χ3n) is 11.2. The lowest BCUT2D eigenvalue weighted by Gasteiger charge is -2.46. The van der Waals surface area contributed by atoms with Gasteiger partial charge in [0.15, 0.2) is 0 Å². The van der Waals surface area contributed by atoms with Crippen LogP contribution in [0.5, 0.6) is 0 Å². The monoisotopic (exact) mass is 723 g/mol. The second-order valence-electron chi connectivity index (χ2n) is 15.7. The van der Waals surface area contributed by atoms with Crippen molar-refractivity contribution in [3.63, 3.8) is 0 Å². The molecule has 10 heteroatoms. The number of aliphatic hydroxyl groups excluding tert-OH is 1. The Hall–Kier alpha value is -3.54. The van der Waals surface area contributed by atoms with E-state index in [4.69, 9.17) is 13.5 Å². The first kappa shape index (κ1) is 38.2. The fraction of sp³-hybridized carbons (Fsp3) is 0.476. The zero-order valence-electron chi connectivity index (χ0n) is 31.3. The third kappa shape index (κ3) is 7.46. The summed E-state index contributed by atoms with van der Waals surface area (Å²) in [7, 11) is -3.98. The summed E-state index contributed by atoms with van der Waals surface area (Å²) < 4.78 is 19.7. The van der Waals surface area contributed by atoms with E-state index in [1.54, 1.807) is 6.07 Å². The van der Waals surface area contributed by atoms with E-state index in [0.29, 0.717) is 50.4 Å². The maximum absolute atomic E-state index is 14.0. The molecule has 2 aliphatic heterocycles. The van der Waals surface area contributed by atoms with Crippen LogP contribution in [0.25, 0.3) is 6.08 Å². The van der Waals surface area contributed by atoms with Gasteiger partial charge in [0.2, 0.25) is 11.8 Å². The lowest BCUT2D eigenvalue weighted by molar-refractivity contribution is -0.140. The van der Waals surface area contributed by atoms with Gasteiger partial charge in [0, 0.05) is 6.54 Å². The van der Waals surface area contributed by atoms with Crippen molar-refractivity contribution in [3.05, 3.63) is 101 Å². The highest BCUT2D eigenvalue weighted by Gasteiger charge is 2.58. The van der Waals surface area contributed by atoms with Gasteiger partial charge in [-0.1, -0.05) is 107 Å². The van der Waals surface area contributed by atoms with Crippen molar-refractivity contribution in [2.45, 2.75) is 97.2 Å². The van der Waals surface area contributed by atoms with Crippen LogP contribution in [0.3, 0.4) is 0 Å². The van der Waals surface area contributed by atoms with E-state index in [0.717, 1.165) is 24.0 Å². The Morgan fingerprint density at radius 3 is 2.19 bits per heavy atom. The molecule has 3 heterocycles. The number of imide groups is 1. The molecular weight excluding hydrogens is 669 g/mol. The summed E-state index contributed by atoms with van der Waals surface area (Å²) in [6.45, 7) is 11.4. The summed E-state index contributed by atoms with van der Waals surface area (Å²) in [4.78, 5) is 29.4. The Balaban J connectivity index is 1.42. The van der Waals surface area contributed by atoms with Gasteiger partial charge in [-0.25, -0.2) is 0 Å². The molecule has 6 rings (SSSR count). The standard InChI is InChI=1S/C42H54BNO7Si/c1-6-14-29(24-31-20-21-32(27-45)50-31)19-22-37-38-30(25-35-39(36(38)26-43(48)51-37)41(47)44(23-7-2)40(35)46)28-49-52(42(3,4)5,33-15-10-8-11-16-33)34-17-12-9-13-18-34/h8-13,15-18,20-21,24,35-37,39,45,48H,6-7,14,19,22-23,25-28H2,1-5H3/b29-24+/t35-,36+,37-,39-/m1/s1. The van der Waals surface area contributed by atoms with Crippen molar-refractivity contribution in [2.75, 3.05) is 13.2 Å². The molecule has 3 aromatic rings.